The van der Waals surface area contributed by atoms with Gasteiger partial charge in [-0.05, 0) is 54.6 Å². The first kappa shape index (κ1) is 24.3. The maximum atomic E-state index is 12.6. The molecule has 0 spiro atoms. The van der Waals surface area contributed by atoms with Crippen molar-refractivity contribution < 1.29 is 9.53 Å². The first-order chi connectivity index (χ1) is 18.0. The topological polar surface area (TPSA) is 93.1 Å². The number of hydrogen-bond acceptors (Lipinski definition) is 6. The second kappa shape index (κ2) is 11.1. The van der Waals surface area contributed by atoms with E-state index in [4.69, 9.17) is 9.72 Å². The van der Waals surface area contributed by atoms with Gasteiger partial charge in [-0.3, -0.25) is 9.78 Å². The fourth-order valence-corrected chi connectivity index (χ4v) is 4.05. The smallest absolute Gasteiger partial charge is 0.270 e. The normalized spacial score (nSPS) is 10.8. The predicted octanol–water partition coefficient (Wildman–Crippen LogP) is 6.11. The zero-order valence-electron chi connectivity index (χ0n) is 20.1. The highest BCUT2D eigenvalue weighted by Gasteiger charge is 2.12. The highest BCUT2D eigenvalue weighted by atomic mass is 79.9. The summed E-state index contributed by atoms with van der Waals surface area (Å²) in [5.41, 5.74) is 3.99. The van der Waals surface area contributed by atoms with Gasteiger partial charge in [0.25, 0.3) is 5.91 Å². The van der Waals surface area contributed by atoms with Crippen LogP contribution in [0.5, 0.6) is 11.5 Å². The maximum absolute atomic E-state index is 12.6. The van der Waals surface area contributed by atoms with E-state index in [-0.39, 0.29) is 11.6 Å². The molecule has 0 saturated heterocycles. The monoisotopic (exact) mass is 556 g/mol. The number of carbonyl (C=O) groups is 1. The average Bonchev–Trinajstić information content (AvgIpc) is 3.22. The van der Waals surface area contributed by atoms with Crippen molar-refractivity contribution in [2.24, 2.45) is 7.05 Å². The Hall–Kier alpha value is -4.37. The van der Waals surface area contributed by atoms with Crippen molar-refractivity contribution in [2.75, 3.05) is 23.7 Å². The van der Waals surface area contributed by atoms with Crippen LogP contribution in [0.1, 0.15) is 10.5 Å². The van der Waals surface area contributed by atoms with Crippen LogP contribution in [0.2, 0.25) is 0 Å². The van der Waals surface area contributed by atoms with E-state index in [9.17, 15) is 4.79 Å². The van der Waals surface area contributed by atoms with Crippen LogP contribution in [-0.4, -0.2) is 33.5 Å². The van der Waals surface area contributed by atoms with E-state index in [1.165, 1.54) is 0 Å². The van der Waals surface area contributed by atoms with E-state index in [1.807, 2.05) is 84.4 Å². The fraction of sp³-hybridized carbons (Fsp3) is 0.107. The molecule has 0 fully saturated rings. The van der Waals surface area contributed by atoms with E-state index >= 15 is 0 Å². The molecule has 0 aliphatic heterocycles. The number of rotatable bonds is 9. The number of nitrogens with one attached hydrogen (secondary N) is 3. The minimum Gasteiger partial charge on any atom is -0.457 e. The summed E-state index contributed by atoms with van der Waals surface area (Å²) >= 11 is 3.45. The Kier molecular flexibility index (Phi) is 7.32. The largest absolute Gasteiger partial charge is 0.457 e. The molecule has 0 radical (unpaired) electrons. The predicted molar refractivity (Wildman–Crippen MR) is 150 cm³/mol. The summed E-state index contributed by atoms with van der Waals surface area (Å²) in [6.45, 7) is 1.07. The summed E-state index contributed by atoms with van der Waals surface area (Å²) < 4.78 is 9.04. The molecule has 5 rings (SSSR count). The lowest BCUT2D eigenvalue weighted by Crippen LogP contribution is -2.29. The van der Waals surface area contributed by atoms with Crippen molar-refractivity contribution in [1.29, 1.82) is 0 Å². The Balaban J connectivity index is 1.22. The van der Waals surface area contributed by atoms with Crippen LogP contribution in [0.4, 0.5) is 17.3 Å². The molecule has 3 N–H and O–H groups in total. The summed E-state index contributed by atoms with van der Waals surface area (Å²) in [6, 6.07) is 26.8. The van der Waals surface area contributed by atoms with Crippen molar-refractivity contribution in [2.45, 2.75) is 0 Å². The van der Waals surface area contributed by atoms with Crippen molar-refractivity contribution >= 4 is 50.2 Å². The van der Waals surface area contributed by atoms with Crippen LogP contribution in [0.15, 0.2) is 95.6 Å². The lowest BCUT2D eigenvalue weighted by atomic mass is 10.3. The molecular formula is C28H25BrN6O2. The molecule has 2 aromatic heterocycles. The standard InChI is InChI=1S/C28H25BrN6O2/c1-35-26-12-11-22(17-24(26)34-28(35)33-21-9-7-19(29)8-10-21)37-23-13-14-31-25(18-23)27(36)32-16-15-30-20-5-3-2-4-6-20/h2-14,17-18,30H,15-16H2,1H3,(H,32,36)(H,33,34). The number of imidazole rings is 1. The van der Waals surface area contributed by atoms with Gasteiger partial charge in [0.05, 0.1) is 11.0 Å². The number of aryl methyl sites for hydroxylation is 1. The molecule has 0 bridgehead atoms. The van der Waals surface area contributed by atoms with Crippen molar-refractivity contribution in [3.8, 4) is 11.5 Å². The summed E-state index contributed by atoms with van der Waals surface area (Å²) in [4.78, 5) is 21.5. The van der Waals surface area contributed by atoms with Gasteiger partial charge in [-0.2, -0.15) is 0 Å². The van der Waals surface area contributed by atoms with Gasteiger partial charge in [0.2, 0.25) is 5.95 Å². The van der Waals surface area contributed by atoms with Gasteiger partial charge in [-0.15, -0.1) is 0 Å². The molecule has 37 heavy (non-hydrogen) atoms. The lowest BCUT2D eigenvalue weighted by Gasteiger charge is -2.09. The molecule has 9 heteroatoms. The molecular weight excluding hydrogens is 532 g/mol. The van der Waals surface area contributed by atoms with Crippen molar-refractivity contribution in [3.05, 3.63) is 101 Å². The van der Waals surface area contributed by atoms with Crippen LogP contribution >= 0.6 is 15.9 Å². The minimum atomic E-state index is -0.260. The lowest BCUT2D eigenvalue weighted by molar-refractivity contribution is 0.0950. The third-order valence-electron chi connectivity index (χ3n) is 5.67. The van der Waals surface area contributed by atoms with Crippen molar-refractivity contribution in [1.82, 2.24) is 19.9 Å². The Morgan fingerprint density at radius 1 is 0.919 bits per heavy atom. The number of aromatic nitrogens is 3. The molecule has 0 saturated carbocycles. The SMILES string of the molecule is Cn1c(Nc2ccc(Br)cc2)nc2cc(Oc3ccnc(C(=O)NCCNc4ccccc4)c3)ccc21. The highest BCUT2D eigenvalue weighted by Crippen LogP contribution is 2.28. The van der Waals surface area contributed by atoms with Crippen molar-refractivity contribution in [3.63, 3.8) is 0 Å². The molecule has 186 valence electrons. The number of ether oxygens (including phenoxy) is 1. The Bertz CT molecular complexity index is 1520. The number of fused-ring (bicyclic) bond motifs is 1. The zero-order valence-corrected chi connectivity index (χ0v) is 21.7. The number of benzene rings is 3. The minimum absolute atomic E-state index is 0.260. The van der Waals surface area contributed by atoms with Gasteiger partial charge >= 0.3 is 0 Å². The van der Waals surface area contributed by atoms with Gasteiger partial charge in [-0.25, -0.2) is 4.98 Å². The zero-order chi connectivity index (χ0) is 25.6. The Labute approximate surface area is 222 Å². The highest BCUT2D eigenvalue weighted by molar-refractivity contribution is 9.10. The van der Waals surface area contributed by atoms with Gasteiger partial charge in [0.15, 0.2) is 0 Å². The Morgan fingerprint density at radius 2 is 1.70 bits per heavy atom. The van der Waals surface area contributed by atoms with Gasteiger partial charge in [0, 0.05) is 54.3 Å². The summed E-state index contributed by atoms with van der Waals surface area (Å²) in [5, 5.41) is 9.47. The number of anilines is 3. The molecule has 0 atom stereocenters. The first-order valence-corrected chi connectivity index (χ1v) is 12.5. The number of pyridine rings is 1. The maximum Gasteiger partial charge on any atom is 0.270 e. The van der Waals surface area contributed by atoms with E-state index in [1.54, 1.807) is 18.3 Å². The third-order valence-corrected chi connectivity index (χ3v) is 6.19. The molecule has 0 aliphatic rings. The van der Waals surface area contributed by atoms with E-state index in [2.05, 4.69) is 36.9 Å². The van der Waals surface area contributed by atoms with Gasteiger partial charge < -0.3 is 25.3 Å². The first-order valence-electron chi connectivity index (χ1n) is 11.8. The molecule has 8 nitrogen and oxygen atoms in total. The Morgan fingerprint density at radius 3 is 2.51 bits per heavy atom. The summed E-state index contributed by atoms with van der Waals surface area (Å²) in [6.07, 6.45) is 1.56. The molecule has 5 aromatic rings. The van der Waals surface area contributed by atoms with Crippen LogP contribution in [0.3, 0.4) is 0 Å². The second-order valence-electron chi connectivity index (χ2n) is 8.30. The van der Waals surface area contributed by atoms with Crippen LogP contribution in [0.25, 0.3) is 11.0 Å². The number of hydrogen-bond donors (Lipinski definition) is 3. The third kappa shape index (κ3) is 6.07. The molecule has 0 unspecified atom stereocenters. The van der Waals surface area contributed by atoms with Crippen LogP contribution in [-0.2, 0) is 7.05 Å². The van der Waals surface area contributed by atoms with Gasteiger partial charge in [-0.1, -0.05) is 34.1 Å². The number of carbonyl (C=O) groups excluding carboxylic acids is 1. The molecule has 0 aliphatic carbocycles. The molecule has 2 heterocycles. The number of amides is 1. The van der Waals surface area contributed by atoms with Crippen LogP contribution in [0, 0.1) is 0 Å². The molecule has 3 aromatic carbocycles. The fourth-order valence-electron chi connectivity index (χ4n) is 3.78. The van der Waals surface area contributed by atoms with E-state index in [0.29, 0.717) is 24.6 Å². The summed E-state index contributed by atoms with van der Waals surface area (Å²) in [7, 11) is 1.96. The molecule has 1 amide bonds. The van der Waals surface area contributed by atoms with Crippen LogP contribution < -0.4 is 20.7 Å². The van der Waals surface area contributed by atoms with E-state index < -0.39 is 0 Å². The number of nitrogens with zero attached hydrogens (tertiary/aromatic N) is 3. The van der Waals surface area contributed by atoms with Gasteiger partial charge in [0.1, 0.15) is 17.2 Å². The number of para-hydroxylation sites is 1. The summed E-state index contributed by atoms with van der Waals surface area (Å²) in [5.74, 6) is 1.60. The average molecular weight is 557 g/mol. The number of halogens is 1. The van der Waals surface area contributed by atoms with E-state index in [0.717, 1.165) is 32.8 Å². The quantitative estimate of drug-likeness (QED) is 0.190. The second-order valence-corrected chi connectivity index (χ2v) is 9.22.